The van der Waals surface area contributed by atoms with Gasteiger partial charge in [0.15, 0.2) is 0 Å². The maximum Gasteiger partial charge on any atom is 0.694 e. The fourth-order valence-corrected chi connectivity index (χ4v) is 3.71. The summed E-state index contributed by atoms with van der Waals surface area (Å²) >= 11 is 6.42. The minimum Gasteiger partial charge on any atom is -0.313 e. The molecule has 0 saturated carbocycles. The van der Waals surface area contributed by atoms with Gasteiger partial charge in [0.2, 0.25) is 0 Å². The molecule has 4 nitrogen and oxygen atoms in total. The lowest BCUT2D eigenvalue weighted by atomic mass is 10.0. The zero-order valence-corrected chi connectivity index (χ0v) is 18.2. The van der Waals surface area contributed by atoms with Gasteiger partial charge >= 0.3 is 8.25 Å². The molecule has 0 aromatic heterocycles. The number of aryl methyl sites for hydroxylation is 2. The van der Waals surface area contributed by atoms with Crippen molar-refractivity contribution in [2.24, 2.45) is 0 Å². The smallest absolute Gasteiger partial charge is 0.313 e. The number of nitrogens with one attached hydrogen (secondary N) is 1. The maximum atomic E-state index is 12.9. The molecule has 2 rings (SSSR count). The van der Waals surface area contributed by atoms with Gasteiger partial charge in [0.05, 0.1) is 0 Å². The lowest BCUT2D eigenvalue weighted by molar-refractivity contribution is 0.276. The summed E-state index contributed by atoms with van der Waals surface area (Å²) in [5.41, 5.74) is 3.48. The molecule has 7 heteroatoms. The van der Waals surface area contributed by atoms with E-state index in [4.69, 9.17) is 16.5 Å². The molecule has 158 valence electrons. The highest BCUT2D eigenvalue weighted by Crippen LogP contribution is 2.21. The van der Waals surface area contributed by atoms with E-state index < -0.39 is 8.25 Å². The summed E-state index contributed by atoms with van der Waals surface area (Å²) < 4.78 is 27.9. The molecule has 1 unspecified atom stereocenters. The SMILES string of the molecule is O=[P+](O)OCCCNCc1ccc(CCCCCCc2ccc(F)cc2)c(Cl)c1. The fraction of sp³-hybridized carbons (Fsp3) is 0.455. The first-order chi connectivity index (χ1) is 14.0. The molecular formula is C22H29ClFNO3P+. The Morgan fingerprint density at radius 2 is 1.66 bits per heavy atom. The summed E-state index contributed by atoms with van der Waals surface area (Å²) in [6, 6.07) is 12.9. The minimum atomic E-state index is -2.50. The number of hydrogen-bond acceptors (Lipinski definition) is 3. The van der Waals surface area contributed by atoms with Crippen LogP contribution in [0.5, 0.6) is 0 Å². The molecule has 0 radical (unpaired) electrons. The standard InChI is InChI=1S/C22H28ClFNO3P/c23-22-16-19(17-25-14-5-15-28-29(26)27)8-11-20(22)7-4-2-1-3-6-18-9-12-21(24)13-10-18/h8-13,16,25H,1-7,14-15,17H2/p+1. The van der Waals surface area contributed by atoms with E-state index in [9.17, 15) is 8.96 Å². The Kier molecular flexibility index (Phi) is 11.4. The quantitative estimate of drug-likeness (QED) is 0.280. The molecule has 0 fully saturated rings. The second-order valence-corrected chi connectivity index (χ2v) is 8.21. The molecule has 0 bridgehead atoms. The molecule has 0 amide bonds. The van der Waals surface area contributed by atoms with Gasteiger partial charge in [-0.2, -0.15) is 0 Å². The maximum absolute atomic E-state index is 12.9. The number of unbranched alkanes of at least 4 members (excludes halogenated alkanes) is 3. The highest BCUT2D eigenvalue weighted by molar-refractivity contribution is 7.32. The first-order valence-electron chi connectivity index (χ1n) is 10.1. The Hall–Kier alpha value is -1.36. The van der Waals surface area contributed by atoms with Crippen LogP contribution in [0.3, 0.4) is 0 Å². The van der Waals surface area contributed by atoms with Gasteiger partial charge in [-0.3, -0.25) is 0 Å². The van der Waals surface area contributed by atoms with Crippen molar-refractivity contribution in [2.75, 3.05) is 13.2 Å². The normalized spacial score (nSPS) is 11.6. The molecule has 2 aromatic carbocycles. The van der Waals surface area contributed by atoms with Crippen molar-refractivity contribution < 1.29 is 18.4 Å². The van der Waals surface area contributed by atoms with Crippen LogP contribution in [-0.2, 0) is 28.5 Å². The zero-order chi connectivity index (χ0) is 20.9. The molecule has 29 heavy (non-hydrogen) atoms. The molecule has 2 aromatic rings. The van der Waals surface area contributed by atoms with E-state index in [0.717, 1.165) is 49.1 Å². The summed E-state index contributed by atoms with van der Waals surface area (Å²) in [6.45, 7) is 1.68. The van der Waals surface area contributed by atoms with Crippen molar-refractivity contribution in [1.29, 1.82) is 0 Å². The van der Waals surface area contributed by atoms with Gasteiger partial charge in [-0.1, -0.05) is 48.7 Å². The van der Waals surface area contributed by atoms with E-state index in [2.05, 4.69) is 22.0 Å². The third-order valence-corrected chi connectivity index (χ3v) is 5.48. The summed E-state index contributed by atoms with van der Waals surface area (Å²) in [5, 5.41) is 4.07. The molecule has 0 heterocycles. The average Bonchev–Trinajstić information content (AvgIpc) is 2.69. The number of benzene rings is 2. The van der Waals surface area contributed by atoms with Gasteiger partial charge in [-0.05, 0) is 73.5 Å². The molecule has 0 aliphatic heterocycles. The highest BCUT2D eigenvalue weighted by atomic mass is 35.5. The van der Waals surface area contributed by atoms with Crippen LogP contribution < -0.4 is 5.32 Å². The van der Waals surface area contributed by atoms with Crippen LogP contribution in [0.4, 0.5) is 4.39 Å². The first kappa shape index (κ1) is 23.9. The van der Waals surface area contributed by atoms with E-state index in [1.807, 2.05) is 18.2 Å². The van der Waals surface area contributed by atoms with Crippen LogP contribution in [0.2, 0.25) is 5.02 Å². The second-order valence-electron chi connectivity index (χ2n) is 7.07. The van der Waals surface area contributed by atoms with Crippen molar-refractivity contribution in [1.82, 2.24) is 5.32 Å². The van der Waals surface area contributed by atoms with Crippen LogP contribution in [-0.4, -0.2) is 18.0 Å². The van der Waals surface area contributed by atoms with Gasteiger partial charge in [-0.25, -0.2) is 4.39 Å². The Balaban J connectivity index is 1.58. The zero-order valence-electron chi connectivity index (χ0n) is 16.6. The van der Waals surface area contributed by atoms with Gasteiger partial charge in [0.25, 0.3) is 0 Å². The van der Waals surface area contributed by atoms with Crippen molar-refractivity contribution in [3.05, 3.63) is 70.0 Å². The average molecular weight is 441 g/mol. The molecule has 0 aliphatic carbocycles. The topological polar surface area (TPSA) is 58.6 Å². The van der Waals surface area contributed by atoms with E-state index in [1.54, 1.807) is 0 Å². The molecular weight excluding hydrogens is 412 g/mol. The Morgan fingerprint density at radius 3 is 2.34 bits per heavy atom. The fourth-order valence-electron chi connectivity index (χ4n) is 3.13. The third kappa shape index (κ3) is 10.3. The van der Waals surface area contributed by atoms with E-state index in [-0.39, 0.29) is 12.4 Å². The van der Waals surface area contributed by atoms with Crippen molar-refractivity contribution >= 4 is 19.9 Å². The van der Waals surface area contributed by atoms with Gasteiger partial charge in [0, 0.05) is 16.1 Å². The predicted molar refractivity (Wildman–Crippen MR) is 116 cm³/mol. The van der Waals surface area contributed by atoms with E-state index in [0.29, 0.717) is 19.5 Å². The number of hydrogen-bond donors (Lipinski definition) is 2. The largest absolute Gasteiger partial charge is 0.694 e. The molecule has 0 aliphatic rings. The van der Waals surface area contributed by atoms with Gasteiger partial charge in [-0.15, -0.1) is 9.42 Å². The lowest BCUT2D eigenvalue weighted by Gasteiger charge is -2.08. The van der Waals surface area contributed by atoms with Crippen LogP contribution >= 0.6 is 19.9 Å². The van der Waals surface area contributed by atoms with Gasteiger partial charge in [0.1, 0.15) is 12.4 Å². The van der Waals surface area contributed by atoms with E-state index >= 15 is 0 Å². The summed E-state index contributed by atoms with van der Waals surface area (Å²) in [6.07, 6.45) is 7.17. The van der Waals surface area contributed by atoms with Crippen LogP contribution in [0, 0.1) is 5.82 Å². The third-order valence-electron chi connectivity index (χ3n) is 4.72. The summed E-state index contributed by atoms with van der Waals surface area (Å²) in [4.78, 5) is 8.54. The summed E-state index contributed by atoms with van der Waals surface area (Å²) in [5.74, 6) is -0.181. The molecule has 0 saturated heterocycles. The van der Waals surface area contributed by atoms with Crippen LogP contribution in [0.25, 0.3) is 0 Å². The lowest BCUT2D eigenvalue weighted by Crippen LogP contribution is -2.16. The Bertz CT molecular complexity index is 758. The Morgan fingerprint density at radius 1 is 0.966 bits per heavy atom. The second kappa shape index (κ2) is 13.8. The summed E-state index contributed by atoms with van der Waals surface area (Å²) in [7, 11) is -2.50. The van der Waals surface area contributed by atoms with Crippen molar-refractivity contribution in [2.45, 2.75) is 51.5 Å². The first-order valence-corrected chi connectivity index (χ1v) is 11.6. The predicted octanol–water partition coefficient (Wildman–Crippen LogP) is 5.97. The monoisotopic (exact) mass is 440 g/mol. The van der Waals surface area contributed by atoms with Crippen LogP contribution in [0.15, 0.2) is 42.5 Å². The minimum absolute atomic E-state index is 0.181. The van der Waals surface area contributed by atoms with Crippen molar-refractivity contribution in [3.8, 4) is 0 Å². The van der Waals surface area contributed by atoms with Gasteiger partial charge < -0.3 is 5.32 Å². The Labute approximate surface area is 178 Å². The molecule has 0 spiro atoms. The number of halogens is 2. The van der Waals surface area contributed by atoms with Crippen molar-refractivity contribution in [3.63, 3.8) is 0 Å². The molecule has 1 atom stereocenters. The number of rotatable bonds is 14. The molecule has 2 N–H and O–H groups in total. The van der Waals surface area contributed by atoms with Crippen LogP contribution in [0.1, 0.15) is 48.8 Å². The van der Waals surface area contributed by atoms with E-state index in [1.165, 1.54) is 23.3 Å². The highest BCUT2D eigenvalue weighted by Gasteiger charge is 2.10.